The van der Waals surface area contributed by atoms with Gasteiger partial charge in [-0.3, -0.25) is 10.1 Å². The summed E-state index contributed by atoms with van der Waals surface area (Å²) < 4.78 is 13.5. The molecular weight excluding hydrogens is 302 g/mol. The maximum atomic E-state index is 10.9. The monoisotopic (exact) mass is 325 g/mol. The van der Waals surface area contributed by atoms with Gasteiger partial charge in [0.1, 0.15) is 5.82 Å². The fourth-order valence-corrected chi connectivity index (χ4v) is 2.62. The largest absolute Gasteiger partial charge is 0.361 e. The van der Waals surface area contributed by atoms with Crippen molar-refractivity contribution in [2.75, 3.05) is 26.3 Å². The Morgan fingerprint density at radius 3 is 2.70 bits per heavy atom. The predicted molar refractivity (Wildman–Crippen MR) is 82.7 cm³/mol. The first-order valence-electron chi connectivity index (χ1n) is 7.59. The minimum absolute atomic E-state index is 0.355. The van der Waals surface area contributed by atoms with Crippen LogP contribution in [0.5, 0.6) is 0 Å². The highest BCUT2D eigenvalue weighted by Gasteiger charge is 2.39. The molecule has 1 N–H and O–H groups in total. The number of aromatic nitrogens is 2. The fraction of sp³-hybridized carbons (Fsp3) is 0.643. The molecule has 128 valence electrons. The van der Waals surface area contributed by atoms with Crippen LogP contribution in [0, 0.1) is 17.0 Å². The lowest BCUT2D eigenvalue weighted by Crippen LogP contribution is -2.59. The van der Waals surface area contributed by atoms with E-state index in [4.69, 9.17) is 9.47 Å². The smallest absolute Gasteiger partial charge is 0.274 e. The first kappa shape index (κ1) is 17.2. The summed E-state index contributed by atoms with van der Waals surface area (Å²) in [5.41, 5.74) is 0. The van der Waals surface area contributed by atoms with E-state index in [9.17, 15) is 10.1 Å². The molecule has 0 radical (unpaired) electrons. The normalized spacial score (nSPS) is 18.9. The van der Waals surface area contributed by atoms with Gasteiger partial charge in [-0.2, -0.15) is 0 Å². The molecule has 0 amide bonds. The second-order valence-corrected chi connectivity index (χ2v) is 5.21. The second kappa shape index (κ2) is 7.42. The molecule has 1 aliphatic rings. The van der Waals surface area contributed by atoms with Crippen LogP contribution in [-0.4, -0.2) is 51.5 Å². The highest BCUT2D eigenvalue weighted by molar-refractivity contribution is 5.03. The Bertz CT molecular complexity index is 565. The topological polar surface area (TPSA) is 94.7 Å². The lowest BCUT2D eigenvalue weighted by Gasteiger charge is -2.43. The maximum absolute atomic E-state index is 10.9. The van der Waals surface area contributed by atoms with Crippen molar-refractivity contribution in [2.45, 2.75) is 33.2 Å². The van der Waals surface area contributed by atoms with E-state index in [1.807, 2.05) is 36.4 Å². The van der Waals surface area contributed by atoms with E-state index in [-0.39, 0.29) is 0 Å². The van der Waals surface area contributed by atoms with Gasteiger partial charge in [-0.1, -0.05) is 0 Å². The van der Waals surface area contributed by atoms with Crippen LogP contribution >= 0.6 is 0 Å². The molecule has 1 aromatic heterocycles. The third-order valence-electron chi connectivity index (χ3n) is 3.60. The Balaban J connectivity index is 2.25. The van der Waals surface area contributed by atoms with Crippen molar-refractivity contribution in [1.29, 1.82) is 0 Å². The van der Waals surface area contributed by atoms with Gasteiger partial charge in [-0.15, -0.1) is 0 Å². The van der Waals surface area contributed by atoms with Crippen molar-refractivity contribution in [3.05, 3.63) is 40.4 Å². The molecule has 1 fully saturated rings. The van der Waals surface area contributed by atoms with Gasteiger partial charge in [0.05, 0.1) is 24.7 Å². The molecule has 1 aliphatic heterocycles. The van der Waals surface area contributed by atoms with Crippen LogP contribution in [0.2, 0.25) is 0 Å². The van der Waals surface area contributed by atoms with Crippen LogP contribution in [0.1, 0.15) is 19.7 Å². The molecule has 23 heavy (non-hydrogen) atoms. The van der Waals surface area contributed by atoms with Crippen molar-refractivity contribution in [2.24, 2.45) is 0 Å². The number of nitrogens with zero attached hydrogens (tertiary/aromatic N) is 4. The van der Waals surface area contributed by atoms with E-state index in [1.165, 1.54) is 0 Å². The maximum Gasteiger partial charge on any atom is 0.274 e. The van der Waals surface area contributed by atoms with Crippen LogP contribution in [0.25, 0.3) is 0 Å². The van der Waals surface area contributed by atoms with Gasteiger partial charge >= 0.3 is 0 Å². The van der Waals surface area contributed by atoms with Gasteiger partial charge in [-0.25, -0.2) is 4.98 Å². The summed E-state index contributed by atoms with van der Waals surface area (Å²) in [7, 11) is 0. The van der Waals surface area contributed by atoms with E-state index < -0.39 is 10.7 Å². The lowest BCUT2D eigenvalue weighted by atomic mass is 10.2. The van der Waals surface area contributed by atoms with Gasteiger partial charge in [-0.05, 0) is 20.8 Å². The molecule has 0 aromatic carbocycles. The quantitative estimate of drug-likeness (QED) is 0.452. The van der Waals surface area contributed by atoms with Crippen LogP contribution in [-0.2, 0) is 16.1 Å². The molecule has 9 nitrogen and oxygen atoms in total. The molecule has 0 unspecified atom stereocenters. The van der Waals surface area contributed by atoms with E-state index >= 15 is 0 Å². The Kier molecular flexibility index (Phi) is 5.56. The van der Waals surface area contributed by atoms with Crippen molar-refractivity contribution in [3.8, 4) is 0 Å². The summed E-state index contributed by atoms with van der Waals surface area (Å²) in [6, 6.07) is 0. The standard InChI is InChI=1S/C14H23N5O4/c1-4-22-14(23-5-2)9-16-13(8-19(20)21)18(10-14)11-17-7-6-15-12(17)3/h6-8,16H,4-5,9-11H2,1-3H3/b13-8+. The highest BCUT2D eigenvalue weighted by Crippen LogP contribution is 2.23. The summed E-state index contributed by atoms with van der Waals surface area (Å²) in [4.78, 5) is 16.4. The number of aryl methyl sites for hydroxylation is 1. The summed E-state index contributed by atoms with van der Waals surface area (Å²) in [5.74, 6) is 0.430. The zero-order valence-electron chi connectivity index (χ0n) is 13.7. The number of hydrogen-bond acceptors (Lipinski definition) is 7. The van der Waals surface area contributed by atoms with Crippen LogP contribution < -0.4 is 5.32 Å². The minimum atomic E-state index is -0.827. The minimum Gasteiger partial charge on any atom is -0.361 e. The third kappa shape index (κ3) is 4.20. The highest BCUT2D eigenvalue weighted by atomic mass is 16.7. The molecule has 1 saturated heterocycles. The Morgan fingerprint density at radius 1 is 1.48 bits per heavy atom. The number of ether oxygens (including phenoxy) is 2. The molecule has 2 rings (SSSR count). The number of rotatable bonds is 7. The Labute approximate surface area is 135 Å². The van der Waals surface area contributed by atoms with Gasteiger partial charge in [0, 0.05) is 25.6 Å². The predicted octanol–water partition coefficient (Wildman–Crippen LogP) is 0.899. The first-order chi connectivity index (χ1) is 11.0. The van der Waals surface area contributed by atoms with E-state index in [0.29, 0.717) is 38.8 Å². The molecule has 0 bridgehead atoms. The molecule has 0 aliphatic carbocycles. The van der Waals surface area contributed by atoms with Gasteiger partial charge < -0.3 is 24.3 Å². The van der Waals surface area contributed by atoms with E-state index in [0.717, 1.165) is 12.0 Å². The number of imidazole rings is 1. The fourth-order valence-electron chi connectivity index (χ4n) is 2.62. The molecule has 0 spiro atoms. The Morgan fingerprint density at radius 2 is 2.17 bits per heavy atom. The first-order valence-corrected chi connectivity index (χ1v) is 7.59. The summed E-state index contributed by atoms with van der Waals surface area (Å²) in [5, 5.41) is 13.9. The van der Waals surface area contributed by atoms with Crippen molar-refractivity contribution < 1.29 is 14.4 Å². The summed E-state index contributed by atoms with van der Waals surface area (Å²) in [6.45, 7) is 7.82. The molecule has 0 atom stereocenters. The lowest BCUT2D eigenvalue weighted by molar-refractivity contribution is -0.405. The molecule has 9 heteroatoms. The number of nitrogens with one attached hydrogen (secondary N) is 1. The van der Waals surface area contributed by atoms with Crippen LogP contribution in [0.3, 0.4) is 0 Å². The van der Waals surface area contributed by atoms with E-state index in [1.54, 1.807) is 6.20 Å². The molecule has 1 aromatic rings. The van der Waals surface area contributed by atoms with Crippen LogP contribution in [0.15, 0.2) is 24.4 Å². The van der Waals surface area contributed by atoms with Gasteiger partial charge in [0.25, 0.3) is 6.20 Å². The summed E-state index contributed by atoms with van der Waals surface area (Å²) in [6.07, 6.45) is 4.49. The van der Waals surface area contributed by atoms with Crippen molar-refractivity contribution >= 4 is 0 Å². The van der Waals surface area contributed by atoms with Crippen molar-refractivity contribution in [3.63, 3.8) is 0 Å². The number of nitro groups is 1. The molecular formula is C14H23N5O4. The molecule has 0 saturated carbocycles. The average molecular weight is 325 g/mol. The number of hydrogen-bond donors (Lipinski definition) is 1. The Hall–Kier alpha value is -2.13. The van der Waals surface area contributed by atoms with Crippen molar-refractivity contribution in [1.82, 2.24) is 19.8 Å². The van der Waals surface area contributed by atoms with Gasteiger partial charge in [0.2, 0.25) is 5.79 Å². The summed E-state index contributed by atoms with van der Waals surface area (Å²) >= 11 is 0. The zero-order valence-corrected chi connectivity index (χ0v) is 13.7. The van der Waals surface area contributed by atoms with Crippen LogP contribution in [0.4, 0.5) is 0 Å². The third-order valence-corrected chi connectivity index (χ3v) is 3.60. The van der Waals surface area contributed by atoms with E-state index in [2.05, 4.69) is 10.3 Å². The average Bonchev–Trinajstić information content (AvgIpc) is 2.88. The molecule has 2 heterocycles. The zero-order chi connectivity index (χ0) is 16.9. The SMILES string of the molecule is CCOC1(OCC)CN/C(=C\[N+](=O)[O-])N(Cn2ccnc2C)C1. The second-order valence-electron chi connectivity index (χ2n) is 5.21. The van der Waals surface area contributed by atoms with Gasteiger partial charge in [0.15, 0.2) is 5.82 Å².